The van der Waals surface area contributed by atoms with E-state index in [1.165, 1.54) is 31.4 Å². The molecule has 0 amide bonds. The van der Waals surface area contributed by atoms with Crippen LogP contribution in [0.1, 0.15) is 6.42 Å². The Morgan fingerprint density at radius 1 is 1.12 bits per heavy atom. The van der Waals surface area contributed by atoms with E-state index in [2.05, 4.69) is 20.0 Å². The predicted octanol–water partition coefficient (Wildman–Crippen LogP) is 3.26. The van der Waals surface area contributed by atoms with Crippen LogP contribution in [0.4, 0.5) is 16.0 Å². The molecule has 0 unspecified atom stereocenters. The number of anilines is 2. The lowest BCUT2D eigenvalue weighted by Crippen LogP contribution is -2.27. The summed E-state index contributed by atoms with van der Waals surface area (Å²) in [5, 5.41) is 3.01. The van der Waals surface area contributed by atoms with E-state index in [1.807, 2.05) is 19.0 Å². The molecule has 0 aliphatic rings. The molecule has 1 aromatic heterocycles. The molecule has 0 bridgehead atoms. The van der Waals surface area contributed by atoms with Crippen LogP contribution in [0.5, 0.6) is 5.75 Å². The van der Waals surface area contributed by atoms with E-state index in [1.54, 1.807) is 30.5 Å². The summed E-state index contributed by atoms with van der Waals surface area (Å²) in [7, 11) is 1.64. The summed E-state index contributed by atoms with van der Waals surface area (Å²) >= 11 is 0. The van der Waals surface area contributed by atoms with Crippen molar-refractivity contribution < 1.29 is 17.5 Å². The molecule has 2 aromatic carbocycles. The second kappa shape index (κ2) is 10.5. The van der Waals surface area contributed by atoms with Crippen molar-refractivity contribution in [3.05, 3.63) is 60.5 Å². The summed E-state index contributed by atoms with van der Waals surface area (Å²) in [4.78, 5) is 10.7. The van der Waals surface area contributed by atoms with Gasteiger partial charge in [-0.3, -0.25) is 0 Å². The lowest BCUT2D eigenvalue weighted by molar-refractivity contribution is 0.386. The minimum atomic E-state index is -3.64. The third-order valence-electron chi connectivity index (χ3n) is 4.58. The monoisotopic (exact) mass is 459 g/mol. The molecule has 1 heterocycles. The number of hydrogen-bond acceptors (Lipinski definition) is 7. The molecule has 3 rings (SSSR count). The van der Waals surface area contributed by atoms with Crippen LogP contribution in [0.15, 0.2) is 59.6 Å². The van der Waals surface area contributed by atoms with Gasteiger partial charge in [-0.15, -0.1) is 0 Å². The Morgan fingerprint density at radius 3 is 2.66 bits per heavy atom. The van der Waals surface area contributed by atoms with Crippen LogP contribution in [-0.4, -0.2) is 57.6 Å². The molecular formula is C22H26FN5O3S. The van der Waals surface area contributed by atoms with E-state index in [0.29, 0.717) is 29.9 Å². The third kappa shape index (κ3) is 6.22. The lowest BCUT2D eigenvalue weighted by atomic mass is 10.1. The maximum absolute atomic E-state index is 14.0. The average molecular weight is 460 g/mol. The topological polar surface area (TPSA) is 96.4 Å². The van der Waals surface area contributed by atoms with Crippen molar-refractivity contribution >= 4 is 21.7 Å². The smallest absolute Gasteiger partial charge is 0.240 e. The van der Waals surface area contributed by atoms with Crippen LogP contribution < -0.4 is 14.8 Å². The third-order valence-corrected chi connectivity index (χ3v) is 6.04. The fourth-order valence-corrected chi connectivity index (χ4v) is 4.08. The highest BCUT2D eigenvalue weighted by Gasteiger charge is 2.14. The Kier molecular flexibility index (Phi) is 7.73. The molecule has 0 aliphatic carbocycles. The van der Waals surface area contributed by atoms with E-state index >= 15 is 0 Å². The maximum atomic E-state index is 14.0. The zero-order valence-corrected chi connectivity index (χ0v) is 19.0. The van der Waals surface area contributed by atoms with Gasteiger partial charge in [0.05, 0.1) is 17.7 Å². The molecule has 32 heavy (non-hydrogen) atoms. The second-order valence-electron chi connectivity index (χ2n) is 7.32. The van der Waals surface area contributed by atoms with Gasteiger partial charge in [-0.1, -0.05) is 6.07 Å². The zero-order valence-electron chi connectivity index (χ0n) is 18.2. The summed E-state index contributed by atoms with van der Waals surface area (Å²) < 4.78 is 46.7. The van der Waals surface area contributed by atoms with E-state index < -0.39 is 15.8 Å². The molecular weight excluding hydrogens is 433 g/mol. The number of halogens is 1. The summed E-state index contributed by atoms with van der Waals surface area (Å²) in [6.45, 7) is 1.14. The van der Waals surface area contributed by atoms with E-state index in [9.17, 15) is 12.8 Å². The number of sulfonamides is 1. The summed E-state index contributed by atoms with van der Waals surface area (Å²) in [6.07, 6.45) is 2.25. The van der Waals surface area contributed by atoms with Crippen LogP contribution in [0.25, 0.3) is 11.3 Å². The Bertz CT molecular complexity index is 1170. The Morgan fingerprint density at radius 2 is 1.94 bits per heavy atom. The highest BCUT2D eigenvalue weighted by atomic mass is 32.2. The van der Waals surface area contributed by atoms with Crippen molar-refractivity contribution in [2.24, 2.45) is 0 Å². The largest absolute Gasteiger partial charge is 0.494 e. The van der Waals surface area contributed by atoms with Crippen LogP contribution in [-0.2, 0) is 10.0 Å². The highest BCUT2D eigenvalue weighted by Crippen LogP contribution is 2.25. The van der Waals surface area contributed by atoms with Gasteiger partial charge < -0.3 is 15.0 Å². The molecule has 3 aromatic rings. The minimum Gasteiger partial charge on any atom is -0.494 e. The number of nitrogens with one attached hydrogen (secondary N) is 2. The van der Waals surface area contributed by atoms with Gasteiger partial charge in [-0.25, -0.2) is 27.5 Å². The predicted molar refractivity (Wildman–Crippen MR) is 122 cm³/mol. The Hall–Kier alpha value is -3.08. The molecule has 10 heteroatoms. The zero-order chi connectivity index (χ0) is 23.1. The summed E-state index contributed by atoms with van der Waals surface area (Å²) in [5.41, 5.74) is 1.58. The average Bonchev–Trinajstić information content (AvgIpc) is 2.77. The number of rotatable bonds is 10. The van der Waals surface area contributed by atoms with Crippen molar-refractivity contribution in [2.75, 3.05) is 39.6 Å². The van der Waals surface area contributed by atoms with Gasteiger partial charge in [-0.2, -0.15) is 0 Å². The first kappa shape index (κ1) is 23.6. The summed E-state index contributed by atoms with van der Waals surface area (Å²) in [6, 6.07) is 12.6. The Labute approximate surface area is 187 Å². The van der Waals surface area contributed by atoms with Gasteiger partial charge in [0.15, 0.2) is 11.6 Å². The first-order valence-corrected chi connectivity index (χ1v) is 11.5. The number of hydrogen-bond donors (Lipinski definition) is 2. The van der Waals surface area contributed by atoms with Gasteiger partial charge in [0, 0.05) is 24.0 Å². The van der Waals surface area contributed by atoms with E-state index in [0.717, 1.165) is 6.54 Å². The van der Waals surface area contributed by atoms with Crippen LogP contribution in [0, 0.1) is 5.82 Å². The summed E-state index contributed by atoms with van der Waals surface area (Å²) in [5.74, 6) is -0.0872. The first-order chi connectivity index (χ1) is 15.3. The van der Waals surface area contributed by atoms with Crippen molar-refractivity contribution in [3.63, 3.8) is 0 Å². The molecule has 0 atom stereocenters. The SMILES string of the molecule is COc1ccc(-c2ccnc(Nc3cccc(S(=O)(=O)NCCCN(C)C)c3)n2)cc1F. The van der Waals surface area contributed by atoms with Crippen LogP contribution in [0.2, 0.25) is 0 Å². The van der Waals surface area contributed by atoms with Crippen molar-refractivity contribution in [1.29, 1.82) is 0 Å². The van der Waals surface area contributed by atoms with Crippen LogP contribution in [0.3, 0.4) is 0 Å². The normalized spacial score (nSPS) is 11.5. The number of nitrogens with zero attached hydrogens (tertiary/aromatic N) is 3. The number of methoxy groups -OCH3 is 1. The number of benzene rings is 2. The molecule has 2 N–H and O–H groups in total. The van der Waals surface area contributed by atoms with Crippen molar-refractivity contribution in [3.8, 4) is 17.0 Å². The van der Waals surface area contributed by atoms with Gasteiger partial charge >= 0.3 is 0 Å². The highest BCUT2D eigenvalue weighted by molar-refractivity contribution is 7.89. The molecule has 170 valence electrons. The first-order valence-electron chi connectivity index (χ1n) is 9.97. The lowest BCUT2D eigenvalue weighted by Gasteiger charge is -2.12. The van der Waals surface area contributed by atoms with Crippen molar-refractivity contribution in [1.82, 2.24) is 19.6 Å². The molecule has 0 saturated heterocycles. The minimum absolute atomic E-state index is 0.140. The fraction of sp³-hybridized carbons (Fsp3) is 0.273. The number of ether oxygens (including phenoxy) is 1. The standard InChI is InChI=1S/C22H26FN5O3S/c1-28(2)13-5-11-25-32(29,30)18-7-4-6-17(15-18)26-22-24-12-10-20(27-22)16-8-9-21(31-3)19(23)14-16/h4,6-10,12,14-15,25H,5,11,13H2,1-3H3,(H,24,26,27). The fourth-order valence-electron chi connectivity index (χ4n) is 2.96. The Balaban J connectivity index is 1.74. The quantitative estimate of drug-likeness (QED) is 0.449. The van der Waals surface area contributed by atoms with E-state index in [-0.39, 0.29) is 16.6 Å². The van der Waals surface area contributed by atoms with E-state index in [4.69, 9.17) is 4.74 Å². The van der Waals surface area contributed by atoms with Crippen molar-refractivity contribution in [2.45, 2.75) is 11.3 Å². The molecule has 0 aliphatic heterocycles. The number of aromatic nitrogens is 2. The molecule has 8 nitrogen and oxygen atoms in total. The maximum Gasteiger partial charge on any atom is 0.240 e. The van der Waals surface area contributed by atoms with Gasteiger partial charge in [0.1, 0.15) is 0 Å². The molecule has 0 saturated carbocycles. The van der Waals surface area contributed by atoms with Gasteiger partial charge in [-0.05, 0) is 69.5 Å². The molecule has 0 spiro atoms. The second-order valence-corrected chi connectivity index (χ2v) is 9.09. The van der Waals surface area contributed by atoms with Crippen LogP contribution >= 0.6 is 0 Å². The molecule has 0 radical (unpaired) electrons. The van der Waals surface area contributed by atoms with Gasteiger partial charge in [0.25, 0.3) is 0 Å². The van der Waals surface area contributed by atoms with Gasteiger partial charge in [0.2, 0.25) is 16.0 Å². The molecule has 0 fully saturated rings.